The van der Waals surface area contributed by atoms with Gasteiger partial charge in [-0.1, -0.05) is 42.5 Å². The van der Waals surface area contributed by atoms with Crippen LogP contribution in [0.4, 0.5) is 5.69 Å². The summed E-state index contributed by atoms with van der Waals surface area (Å²) in [4.78, 5) is 9.59. The molecule has 0 fully saturated rings. The third kappa shape index (κ3) is 4.27. The van der Waals surface area contributed by atoms with E-state index in [-0.39, 0.29) is 0 Å². The van der Waals surface area contributed by atoms with E-state index in [0.29, 0.717) is 0 Å². The summed E-state index contributed by atoms with van der Waals surface area (Å²) in [6, 6.07) is 20.3. The molecule has 0 spiro atoms. The van der Waals surface area contributed by atoms with Crippen molar-refractivity contribution in [3.8, 4) is 5.75 Å². The molecule has 0 saturated carbocycles. The highest BCUT2D eigenvalue weighted by atomic mass is 28.3. The number of aliphatic imine (C=N–C) groups is 1. The molecule has 0 aliphatic heterocycles. The van der Waals surface area contributed by atoms with Gasteiger partial charge in [0.25, 0.3) is 9.04 Å². The lowest BCUT2D eigenvalue weighted by Crippen LogP contribution is -2.12. The van der Waals surface area contributed by atoms with Crippen molar-refractivity contribution in [1.29, 1.82) is 0 Å². The van der Waals surface area contributed by atoms with Crippen molar-refractivity contribution >= 4 is 20.4 Å². The van der Waals surface area contributed by atoms with Gasteiger partial charge in [0.15, 0.2) is 0 Å². The van der Waals surface area contributed by atoms with Crippen molar-refractivity contribution in [2.75, 3.05) is 0 Å². The standard InChI is InChI=1S/C22H23N2OSi/c1-16-12-13-19(20(15-16)25-26(3)4)24-22(18-10-6-5-7-11-18)21-17(2)9-8-14-23-21/h5-15H,1-4H3. The molecule has 1 aromatic heterocycles. The van der Waals surface area contributed by atoms with E-state index in [9.17, 15) is 0 Å². The van der Waals surface area contributed by atoms with Gasteiger partial charge in [0.2, 0.25) is 0 Å². The van der Waals surface area contributed by atoms with Crippen LogP contribution < -0.4 is 4.43 Å². The van der Waals surface area contributed by atoms with Gasteiger partial charge in [0, 0.05) is 11.8 Å². The van der Waals surface area contributed by atoms with Crippen LogP contribution in [0.1, 0.15) is 22.4 Å². The zero-order chi connectivity index (χ0) is 18.5. The average Bonchev–Trinajstić information content (AvgIpc) is 2.62. The van der Waals surface area contributed by atoms with Gasteiger partial charge in [0.05, 0.1) is 11.4 Å². The first-order valence-electron chi connectivity index (χ1n) is 8.69. The largest absolute Gasteiger partial charge is 0.541 e. The van der Waals surface area contributed by atoms with Gasteiger partial charge in [-0.05, 0) is 56.3 Å². The fraction of sp³-hybridized carbons (Fsp3) is 0.182. The molecule has 131 valence electrons. The normalized spacial score (nSPS) is 11.7. The topological polar surface area (TPSA) is 34.5 Å². The highest BCUT2D eigenvalue weighted by Gasteiger charge is 2.14. The highest BCUT2D eigenvalue weighted by Crippen LogP contribution is 2.31. The maximum Gasteiger partial charge on any atom is 0.274 e. The second-order valence-electron chi connectivity index (χ2n) is 6.48. The molecule has 0 N–H and O–H groups in total. The molecule has 0 amide bonds. The molecule has 0 unspecified atom stereocenters. The molecular weight excluding hydrogens is 336 g/mol. The quantitative estimate of drug-likeness (QED) is 0.445. The maximum atomic E-state index is 6.10. The summed E-state index contributed by atoms with van der Waals surface area (Å²) in [5.41, 5.74) is 5.89. The van der Waals surface area contributed by atoms with Crippen LogP contribution >= 0.6 is 0 Å². The Kier molecular flexibility index (Phi) is 5.64. The van der Waals surface area contributed by atoms with Crippen molar-refractivity contribution in [2.45, 2.75) is 26.9 Å². The molecule has 1 radical (unpaired) electrons. The molecule has 1 heterocycles. The lowest BCUT2D eigenvalue weighted by atomic mass is 10.0. The molecule has 0 saturated heterocycles. The fourth-order valence-corrected chi connectivity index (χ4v) is 3.32. The van der Waals surface area contributed by atoms with Gasteiger partial charge < -0.3 is 4.43 Å². The van der Waals surface area contributed by atoms with E-state index in [1.54, 1.807) is 0 Å². The lowest BCUT2D eigenvalue weighted by Gasteiger charge is -2.14. The fourth-order valence-electron chi connectivity index (χ4n) is 2.72. The molecule has 4 heteroatoms. The molecule has 3 rings (SSSR count). The van der Waals surface area contributed by atoms with Crippen LogP contribution in [-0.4, -0.2) is 19.7 Å². The van der Waals surface area contributed by atoms with Crippen LogP contribution in [0.3, 0.4) is 0 Å². The minimum absolute atomic E-state index is 0.839. The lowest BCUT2D eigenvalue weighted by molar-refractivity contribution is 0.581. The van der Waals surface area contributed by atoms with E-state index in [4.69, 9.17) is 9.42 Å². The van der Waals surface area contributed by atoms with Crippen molar-refractivity contribution in [2.24, 2.45) is 4.99 Å². The first kappa shape index (κ1) is 18.1. The highest BCUT2D eigenvalue weighted by molar-refractivity contribution is 6.49. The molecule has 2 aromatic carbocycles. The van der Waals surface area contributed by atoms with Crippen molar-refractivity contribution in [1.82, 2.24) is 4.98 Å². The summed E-state index contributed by atoms with van der Waals surface area (Å²) in [7, 11) is -0.882. The Balaban J connectivity index is 2.19. The SMILES string of the molecule is Cc1ccc(N=C(c2ccccc2)c2ncccc2C)c(O[Si](C)C)c1. The summed E-state index contributed by atoms with van der Waals surface area (Å²) >= 11 is 0. The Morgan fingerprint density at radius 3 is 2.42 bits per heavy atom. The van der Waals surface area contributed by atoms with E-state index in [1.807, 2.05) is 36.5 Å². The van der Waals surface area contributed by atoms with Crippen LogP contribution in [0.15, 0.2) is 71.9 Å². The zero-order valence-electron chi connectivity index (χ0n) is 15.7. The Hall–Kier alpha value is -2.72. The number of hydrogen-bond donors (Lipinski definition) is 0. The number of pyridine rings is 1. The Labute approximate surface area is 157 Å². The minimum atomic E-state index is -0.882. The maximum absolute atomic E-state index is 6.10. The predicted octanol–water partition coefficient (Wildman–Crippen LogP) is 5.50. The molecule has 3 nitrogen and oxygen atoms in total. The Bertz CT molecular complexity index is 920. The van der Waals surface area contributed by atoms with Gasteiger partial charge in [-0.2, -0.15) is 0 Å². The molecule has 0 aliphatic carbocycles. The predicted molar refractivity (Wildman–Crippen MR) is 110 cm³/mol. The monoisotopic (exact) mass is 359 g/mol. The van der Waals surface area contributed by atoms with E-state index in [0.717, 1.165) is 39.5 Å². The number of rotatable bonds is 5. The summed E-state index contributed by atoms with van der Waals surface area (Å²) in [6.07, 6.45) is 1.81. The van der Waals surface area contributed by atoms with Gasteiger partial charge >= 0.3 is 0 Å². The Morgan fingerprint density at radius 1 is 0.962 bits per heavy atom. The number of aryl methyl sites for hydroxylation is 2. The van der Waals surface area contributed by atoms with Crippen molar-refractivity contribution in [3.63, 3.8) is 0 Å². The number of hydrogen-bond acceptors (Lipinski definition) is 3. The molecule has 26 heavy (non-hydrogen) atoms. The third-order valence-electron chi connectivity index (χ3n) is 3.94. The molecule has 0 aliphatic rings. The first-order chi connectivity index (χ1) is 12.5. The Morgan fingerprint density at radius 2 is 1.73 bits per heavy atom. The molecular formula is C22H23N2OSi. The van der Waals surface area contributed by atoms with Crippen molar-refractivity contribution in [3.05, 3.63) is 89.2 Å². The number of benzene rings is 2. The summed E-state index contributed by atoms with van der Waals surface area (Å²) < 4.78 is 6.10. The summed E-state index contributed by atoms with van der Waals surface area (Å²) in [5, 5.41) is 0. The second-order valence-corrected chi connectivity index (χ2v) is 8.50. The molecule has 0 atom stereocenters. The average molecular weight is 360 g/mol. The van der Waals surface area contributed by atoms with E-state index >= 15 is 0 Å². The summed E-state index contributed by atoms with van der Waals surface area (Å²) in [5.74, 6) is 0.839. The molecule has 0 bridgehead atoms. The van der Waals surface area contributed by atoms with Gasteiger partial charge in [0.1, 0.15) is 11.4 Å². The number of aromatic nitrogens is 1. The van der Waals surface area contributed by atoms with E-state index in [2.05, 4.69) is 62.3 Å². The van der Waals surface area contributed by atoms with Gasteiger partial charge in [-0.25, -0.2) is 4.99 Å². The second kappa shape index (κ2) is 8.10. The number of nitrogens with zero attached hydrogens (tertiary/aromatic N) is 2. The first-order valence-corrected chi connectivity index (χ1v) is 11.1. The third-order valence-corrected chi connectivity index (χ3v) is 4.57. The van der Waals surface area contributed by atoms with Crippen LogP contribution in [0, 0.1) is 13.8 Å². The van der Waals surface area contributed by atoms with Crippen LogP contribution in [0.25, 0.3) is 0 Å². The van der Waals surface area contributed by atoms with Gasteiger partial charge in [-0.15, -0.1) is 0 Å². The van der Waals surface area contributed by atoms with Crippen molar-refractivity contribution < 1.29 is 4.43 Å². The van der Waals surface area contributed by atoms with Crippen LogP contribution in [0.5, 0.6) is 5.75 Å². The van der Waals surface area contributed by atoms with Crippen LogP contribution in [-0.2, 0) is 0 Å². The summed E-state index contributed by atoms with van der Waals surface area (Å²) in [6.45, 7) is 8.38. The van der Waals surface area contributed by atoms with E-state index in [1.165, 1.54) is 0 Å². The minimum Gasteiger partial charge on any atom is -0.541 e. The van der Waals surface area contributed by atoms with E-state index < -0.39 is 9.04 Å². The smallest absolute Gasteiger partial charge is 0.274 e. The molecule has 3 aromatic rings. The van der Waals surface area contributed by atoms with Gasteiger partial charge in [-0.3, -0.25) is 4.98 Å². The zero-order valence-corrected chi connectivity index (χ0v) is 16.7. The van der Waals surface area contributed by atoms with Crippen LogP contribution in [0.2, 0.25) is 13.1 Å².